The molecule has 2 unspecified atom stereocenters. The summed E-state index contributed by atoms with van der Waals surface area (Å²) < 4.78 is 59.0. The largest absolute Gasteiger partial charge is 0.296 e. The van der Waals surface area contributed by atoms with E-state index in [1.165, 1.54) is 6.07 Å². The molecule has 0 aliphatic heterocycles. The lowest BCUT2D eigenvalue weighted by atomic mass is 9.96. The maximum Gasteiger partial charge on any atom is 0.296 e. The summed E-state index contributed by atoms with van der Waals surface area (Å²) in [5.41, 5.74) is 4.53. The Morgan fingerprint density at radius 3 is 2.00 bits per heavy atom. The summed E-state index contributed by atoms with van der Waals surface area (Å²) in [6, 6.07) is 18.1. The van der Waals surface area contributed by atoms with Crippen LogP contribution in [-0.2, 0) is 40.9 Å². The van der Waals surface area contributed by atoms with Gasteiger partial charge in [0.2, 0.25) is 0 Å². The predicted octanol–water partition coefficient (Wildman–Crippen LogP) is 4.64. The third-order valence-corrected chi connectivity index (χ3v) is 9.88. The van der Waals surface area contributed by atoms with E-state index in [1.807, 2.05) is 25.1 Å². The van der Waals surface area contributed by atoms with Gasteiger partial charge in [-0.2, -0.15) is 16.8 Å². The first-order valence-corrected chi connectivity index (χ1v) is 16.2. The van der Waals surface area contributed by atoms with Crippen LogP contribution >= 0.6 is 17.2 Å². The van der Waals surface area contributed by atoms with E-state index in [9.17, 15) is 16.8 Å². The zero-order valence-corrected chi connectivity index (χ0v) is 23.1. The number of hydrogen-bond donors (Lipinski definition) is 0. The Morgan fingerprint density at radius 1 is 0.735 bits per heavy atom. The van der Waals surface area contributed by atoms with Crippen molar-refractivity contribution in [3.63, 3.8) is 0 Å². The second kappa shape index (κ2) is 11.4. The highest BCUT2D eigenvalue weighted by Gasteiger charge is 2.20. The van der Waals surface area contributed by atoms with Crippen molar-refractivity contribution in [1.29, 1.82) is 0 Å². The molecule has 0 fully saturated rings. The molecule has 10 heteroatoms. The fourth-order valence-corrected chi connectivity index (χ4v) is 6.91. The minimum Gasteiger partial charge on any atom is -0.270 e. The Kier molecular flexibility index (Phi) is 9.02. The molecule has 0 saturated heterocycles. The van der Waals surface area contributed by atoms with Crippen molar-refractivity contribution in [3.8, 4) is 11.1 Å². The lowest BCUT2D eigenvalue weighted by molar-refractivity contribution is 0.397. The van der Waals surface area contributed by atoms with Crippen molar-refractivity contribution in [2.45, 2.75) is 29.0 Å². The molecule has 0 heterocycles. The van der Waals surface area contributed by atoms with Gasteiger partial charge in [0, 0.05) is 0 Å². The van der Waals surface area contributed by atoms with Crippen molar-refractivity contribution >= 4 is 42.7 Å². The van der Waals surface area contributed by atoms with Gasteiger partial charge < -0.3 is 0 Å². The molecular formula is C24H28O6P2S2. The van der Waals surface area contributed by atoms with Gasteiger partial charge in [0.15, 0.2) is 0 Å². The zero-order chi connectivity index (χ0) is 24.9. The van der Waals surface area contributed by atoms with Gasteiger partial charge >= 0.3 is 0 Å². The van der Waals surface area contributed by atoms with E-state index in [2.05, 4.69) is 18.8 Å². The van der Waals surface area contributed by atoms with E-state index in [4.69, 9.17) is 8.37 Å². The highest BCUT2D eigenvalue weighted by Crippen LogP contribution is 2.36. The quantitative estimate of drug-likeness (QED) is 0.276. The molecule has 182 valence electrons. The van der Waals surface area contributed by atoms with Gasteiger partial charge in [-0.3, -0.25) is 8.37 Å². The highest BCUT2D eigenvalue weighted by atomic mass is 32.2. The van der Waals surface area contributed by atoms with Gasteiger partial charge in [0.25, 0.3) is 20.2 Å². The number of aryl methyl sites for hydroxylation is 1. The summed E-state index contributed by atoms with van der Waals surface area (Å²) >= 11 is 0. The summed E-state index contributed by atoms with van der Waals surface area (Å²) in [7, 11) is -4.45. The average molecular weight is 539 g/mol. The van der Waals surface area contributed by atoms with Crippen LogP contribution in [0, 0.1) is 6.92 Å². The average Bonchev–Trinajstić information content (AvgIpc) is 2.83. The third-order valence-electron chi connectivity index (χ3n) is 5.33. The molecule has 0 spiro atoms. The van der Waals surface area contributed by atoms with Crippen LogP contribution in [0.2, 0.25) is 0 Å². The first kappa shape index (κ1) is 26.9. The van der Waals surface area contributed by atoms with E-state index in [-0.39, 0.29) is 9.79 Å². The Bertz CT molecular complexity index is 1390. The van der Waals surface area contributed by atoms with Crippen molar-refractivity contribution in [2.24, 2.45) is 0 Å². The standard InChI is InChI=1S/C24H28O6P2S2/c1-17-6-5-7-20(12-17)32-16-19-13-21(33(25,26)29-2)10-11-23(19)24-14-22(34(27,28)30-3)9-8-18(24)15-31-4/h5-14,31-32H,15-16H2,1-4H3. The summed E-state index contributed by atoms with van der Waals surface area (Å²) in [5.74, 6) is 0. The smallest absolute Gasteiger partial charge is 0.270 e. The Balaban J connectivity index is 2.18. The minimum atomic E-state index is -3.88. The molecule has 0 aliphatic rings. The monoisotopic (exact) mass is 538 g/mol. The summed E-state index contributed by atoms with van der Waals surface area (Å²) in [6.45, 7) is 4.11. The number of benzene rings is 3. The first-order chi connectivity index (χ1) is 16.1. The molecule has 0 bridgehead atoms. The highest BCUT2D eigenvalue weighted by molar-refractivity contribution is 7.87. The fraction of sp³-hybridized carbons (Fsp3) is 0.250. The number of hydrogen-bond acceptors (Lipinski definition) is 6. The summed E-state index contributed by atoms with van der Waals surface area (Å²) in [4.78, 5) is 0.135. The Morgan fingerprint density at radius 2 is 1.38 bits per heavy atom. The maximum absolute atomic E-state index is 12.4. The molecular weight excluding hydrogens is 510 g/mol. The van der Waals surface area contributed by atoms with Gasteiger partial charge in [0.1, 0.15) is 0 Å². The Hall–Kier alpha value is -1.66. The lowest BCUT2D eigenvalue weighted by Crippen LogP contribution is -2.06. The van der Waals surface area contributed by atoms with Crippen LogP contribution in [0.1, 0.15) is 16.7 Å². The Labute approximate surface area is 205 Å². The third kappa shape index (κ3) is 6.31. The van der Waals surface area contributed by atoms with Crippen LogP contribution < -0.4 is 5.30 Å². The van der Waals surface area contributed by atoms with Crippen LogP contribution in [0.25, 0.3) is 11.1 Å². The molecule has 3 rings (SSSR count). The van der Waals surface area contributed by atoms with Crippen molar-refractivity contribution in [2.75, 3.05) is 20.9 Å². The van der Waals surface area contributed by atoms with Crippen LogP contribution in [0.4, 0.5) is 0 Å². The van der Waals surface area contributed by atoms with Crippen LogP contribution in [0.3, 0.4) is 0 Å². The molecule has 2 atom stereocenters. The first-order valence-electron chi connectivity index (χ1n) is 10.4. The van der Waals surface area contributed by atoms with Crippen LogP contribution in [-0.4, -0.2) is 37.7 Å². The molecule has 34 heavy (non-hydrogen) atoms. The molecule has 3 aromatic carbocycles. The zero-order valence-electron chi connectivity index (χ0n) is 19.5. The molecule has 3 aromatic rings. The lowest BCUT2D eigenvalue weighted by Gasteiger charge is -2.17. The van der Waals surface area contributed by atoms with Gasteiger partial charge in [-0.25, -0.2) is 0 Å². The molecule has 6 nitrogen and oxygen atoms in total. The maximum atomic E-state index is 12.4. The van der Waals surface area contributed by atoms with Gasteiger partial charge in [-0.1, -0.05) is 50.5 Å². The SMILES string of the molecule is COS(=O)(=O)c1ccc(-c2cc(S(=O)(=O)OC)ccc2CPC)c(CPc2cccc(C)c2)c1. The molecule has 0 amide bonds. The van der Waals surface area contributed by atoms with Crippen LogP contribution in [0.5, 0.6) is 0 Å². The van der Waals surface area contributed by atoms with Crippen molar-refractivity contribution < 1.29 is 25.2 Å². The topological polar surface area (TPSA) is 86.7 Å². The molecule has 0 N–H and O–H groups in total. The van der Waals surface area contributed by atoms with Gasteiger partial charge in [-0.05, 0) is 77.7 Å². The molecule has 0 radical (unpaired) electrons. The van der Waals surface area contributed by atoms with E-state index in [0.717, 1.165) is 53.5 Å². The molecule has 0 aliphatic carbocycles. The van der Waals surface area contributed by atoms with Gasteiger partial charge in [-0.15, -0.1) is 8.58 Å². The minimum absolute atomic E-state index is 0.0638. The molecule has 0 aromatic heterocycles. The fourth-order valence-electron chi connectivity index (χ4n) is 3.59. The van der Waals surface area contributed by atoms with E-state index in [0.29, 0.717) is 23.3 Å². The second-order valence-electron chi connectivity index (χ2n) is 7.63. The van der Waals surface area contributed by atoms with Gasteiger partial charge in [0.05, 0.1) is 24.0 Å². The summed E-state index contributed by atoms with van der Waals surface area (Å²) in [5, 5.41) is 1.16. The van der Waals surface area contributed by atoms with Crippen molar-refractivity contribution in [1.82, 2.24) is 0 Å². The second-order valence-corrected chi connectivity index (χ2v) is 13.4. The molecule has 0 saturated carbocycles. The number of rotatable bonds is 10. The van der Waals surface area contributed by atoms with E-state index in [1.54, 1.807) is 24.3 Å². The van der Waals surface area contributed by atoms with E-state index >= 15 is 0 Å². The van der Waals surface area contributed by atoms with E-state index < -0.39 is 20.2 Å². The summed E-state index contributed by atoms with van der Waals surface area (Å²) in [6.07, 6.45) is 1.38. The predicted molar refractivity (Wildman–Crippen MR) is 141 cm³/mol. The van der Waals surface area contributed by atoms with Crippen LogP contribution in [0.15, 0.2) is 70.5 Å². The normalized spacial score (nSPS) is 12.8. The van der Waals surface area contributed by atoms with Crippen molar-refractivity contribution in [3.05, 3.63) is 77.4 Å².